The number of fused-ring (bicyclic) bond motifs is 1. The van der Waals surface area contributed by atoms with Crippen LogP contribution in [-0.2, 0) is 19.1 Å². The SMILES string of the molecule is COC(=O)C[C@H]1SC2=C(C(=O)Nc3cccc(C)c3)[C@H](c3ccc(OC)cc3OC)C(C#N)=C(N)N2C1=O. The fourth-order valence-electron chi connectivity index (χ4n) is 4.43. The third-order valence-electron chi connectivity index (χ3n) is 6.25. The van der Waals surface area contributed by atoms with Gasteiger partial charge in [0.05, 0.1) is 55.9 Å². The third kappa shape index (κ3) is 4.78. The Morgan fingerprint density at radius 3 is 2.55 bits per heavy atom. The zero-order valence-corrected chi connectivity index (χ0v) is 22.0. The van der Waals surface area contributed by atoms with Crippen LogP contribution < -0.4 is 20.5 Å². The fraction of sp³-hybridized carbons (Fsp3) is 0.259. The Morgan fingerprint density at radius 2 is 1.92 bits per heavy atom. The van der Waals surface area contributed by atoms with Crippen LogP contribution in [0.4, 0.5) is 5.69 Å². The molecule has 1 saturated heterocycles. The van der Waals surface area contributed by atoms with E-state index in [4.69, 9.17) is 19.9 Å². The lowest BCUT2D eigenvalue weighted by Crippen LogP contribution is -2.39. The van der Waals surface area contributed by atoms with Crippen molar-refractivity contribution in [3.05, 3.63) is 75.6 Å². The summed E-state index contributed by atoms with van der Waals surface area (Å²) in [4.78, 5) is 40.4. The number of anilines is 1. The maximum absolute atomic E-state index is 13.9. The molecule has 4 rings (SSSR count). The smallest absolute Gasteiger partial charge is 0.307 e. The van der Waals surface area contributed by atoms with Gasteiger partial charge in [-0.1, -0.05) is 30.0 Å². The number of amides is 2. The quantitative estimate of drug-likeness (QED) is 0.512. The van der Waals surface area contributed by atoms with Crippen molar-refractivity contribution in [3.8, 4) is 17.6 Å². The van der Waals surface area contributed by atoms with Gasteiger partial charge in [0, 0.05) is 17.3 Å². The van der Waals surface area contributed by atoms with Crippen molar-refractivity contribution in [3.63, 3.8) is 0 Å². The first-order chi connectivity index (χ1) is 18.2. The summed E-state index contributed by atoms with van der Waals surface area (Å²) in [5.41, 5.74) is 8.49. The van der Waals surface area contributed by atoms with Crippen LogP contribution in [0.2, 0.25) is 0 Å². The molecule has 0 aromatic heterocycles. The number of hydrogen-bond acceptors (Lipinski definition) is 9. The predicted octanol–water partition coefficient (Wildman–Crippen LogP) is 3.16. The van der Waals surface area contributed by atoms with E-state index in [1.165, 1.54) is 21.3 Å². The van der Waals surface area contributed by atoms with Gasteiger partial charge < -0.3 is 25.3 Å². The number of thioether (sulfide) groups is 1. The van der Waals surface area contributed by atoms with Gasteiger partial charge >= 0.3 is 5.97 Å². The molecule has 2 atom stereocenters. The molecule has 2 heterocycles. The van der Waals surface area contributed by atoms with Crippen LogP contribution in [-0.4, -0.2) is 49.3 Å². The van der Waals surface area contributed by atoms with E-state index in [9.17, 15) is 19.6 Å². The molecule has 0 spiro atoms. The lowest BCUT2D eigenvalue weighted by Gasteiger charge is -2.32. The van der Waals surface area contributed by atoms with Gasteiger partial charge in [-0.25, -0.2) is 0 Å². The standard InChI is InChI=1S/C27H26N4O6S/c1-14-6-5-7-15(10-14)30-25(33)23-22(17-9-8-16(35-2)11-19(17)36-3)18(13-28)24(29)31-26(34)20(38-27(23)31)12-21(32)37-4/h5-11,20,22H,12,29H2,1-4H3,(H,30,33)/t20-,22-/m1/s1. The van der Waals surface area contributed by atoms with Crippen LogP contribution >= 0.6 is 11.8 Å². The third-order valence-corrected chi connectivity index (χ3v) is 7.53. The van der Waals surface area contributed by atoms with E-state index in [1.54, 1.807) is 36.4 Å². The van der Waals surface area contributed by atoms with Crippen molar-refractivity contribution in [2.75, 3.05) is 26.6 Å². The predicted molar refractivity (Wildman–Crippen MR) is 141 cm³/mol. The molecule has 2 aliphatic heterocycles. The first kappa shape index (κ1) is 26.6. The minimum atomic E-state index is -0.964. The molecule has 0 radical (unpaired) electrons. The Hall–Kier alpha value is -4.43. The molecule has 0 unspecified atom stereocenters. The van der Waals surface area contributed by atoms with E-state index >= 15 is 0 Å². The van der Waals surface area contributed by atoms with E-state index in [2.05, 4.69) is 11.4 Å². The number of nitriles is 1. The van der Waals surface area contributed by atoms with Gasteiger partial charge in [-0.15, -0.1) is 0 Å². The Labute approximate surface area is 224 Å². The van der Waals surface area contributed by atoms with E-state index in [1.807, 2.05) is 13.0 Å². The Bertz CT molecular complexity index is 1430. The van der Waals surface area contributed by atoms with E-state index in [0.717, 1.165) is 22.2 Å². The summed E-state index contributed by atoms with van der Waals surface area (Å²) in [6.07, 6.45) is -0.224. The number of ether oxygens (including phenoxy) is 3. The molecule has 1 fully saturated rings. The monoisotopic (exact) mass is 534 g/mol. The normalized spacial score (nSPS) is 18.6. The van der Waals surface area contributed by atoms with Gasteiger partial charge in [0.2, 0.25) is 5.91 Å². The van der Waals surface area contributed by atoms with Gasteiger partial charge in [-0.3, -0.25) is 19.3 Å². The number of esters is 1. The molecule has 2 aromatic rings. The zero-order chi connectivity index (χ0) is 27.6. The Balaban J connectivity index is 1.93. The van der Waals surface area contributed by atoms with Crippen LogP contribution in [0.3, 0.4) is 0 Å². The number of methoxy groups -OCH3 is 3. The second-order valence-electron chi connectivity index (χ2n) is 8.55. The number of nitrogens with one attached hydrogen (secondary N) is 1. The second-order valence-corrected chi connectivity index (χ2v) is 9.75. The van der Waals surface area contributed by atoms with Gasteiger partial charge in [0.25, 0.3) is 5.91 Å². The topological polar surface area (TPSA) is 144 Å². The fourth-order valence-corrected chi connectivity index (χ4v) is 5.76. The van der Waals surface area contributed by atoms with Crippen molar-refractivity contribution >= 4 is 35.2 Å². The average Bonchev–Trinajstić information content (AvgIpc) is 3.23. The molecule has 2 amide bonds. The number of carbonyl (C=O) groups is 3. The van der Waals surface area contributed by atoms with E-state index in [-0.39, 0.29) is 28.4 Å². The minimum absolute atomic E-state index is 0.000669. The summed E-state index contributed by atoms with van der Waals surface area (Å²) < 4.78 is 15.7. The number of benzene rings is 2. The van der Waals surface area contributed by atoms with Gasteiger partial charge in [0.1, 0.15) is 22.6 Å². The van der Waals surface area contributed by atoms with Crippen LogP contribution in [0.1, 0.15) is 23.5 Å². The average molecular weight is 535 g/mol. The zero-order valence-electron chi connectivity index (χ0n) is 21.2. The molecule has 0 bridgehead atoms. The number of rotatable bonds is 7. The first-order valence-corrected chi connectivity index (χ1v) is 12.4. The van der Waals surface area contributed by atoms with Gasteiger partial charge in [-0.2, -0.15) is 5.26 Å². The highest BCUT2D eigenvalue weighted by molar-refractivity contribution is 8.04. The molecule has 11 heteroatoms. The van der Waals surface area contributed by atoms with Gasteiger partial charge in [-0.05, 0) is 30.7 Å². The van der Waals surface area contributed by atoms with E-state index in [0.29, 0.717) is 22.7 Å². The summed E-state index contributed by atoms with van der Waals surface area (Å²) in [7, 11) is 4.21. The van der Waals surface area contributed by atoms with E-state index < -0.39 is 29.0 Å². The molecule has 38 heavy (non-hydrogen) atoms. The maximum atomic E-state index is 13.9. The Morgan fingerprint density at radius 1 is 1.16 bits per heavy atom. The molecule has 2 aliphatic rings. The maximum Gasteiger partial charge on any atom is 0.307 e. The van der Waals surface area contributed by atoms with Crippen molar-refractivity contribution in [1.29, 1.82) is 5.26 Å². The summed E-state index contributed by atoms with van der Waals surface area (Å²) in [5.74, 6) is -1.82. The van der Waals surface area contributed by atoms with Crippen molar-refractivity contribution in [2.24, 2.45) is 5.73 Å². The summed E-state index contributed by atoms with van der Waals surface area (Å²) in [6.45, 7) is 1.89. The lowest BCUT2D eigenvalue weighted by molar-refractivity contribution is -0.142. The van der Waals surface area contributed by atoms with Crippen LogP contribution in [0, 0.1) is 18.3 Å². The number of hydrogen-bond donors (Lipinski definition) is 2. The summed E-state index contributed by atoms with van der Waals surface area (Å²) in [5, 5.41) is 12.5. The number of nitrogens with zero attached hydrogens (tertiary/aromatic N) is 2. The second kappa shape index (κ2) is 10.9. The summed E-state index contributed by atoms with van der Waals surface area (Å²) in [6, 6.07) is 14.4. The molecular weight excluding hydrogens is 508 g/mol. The lowest BCUT2D eigenvalue weighted by atomic mass is 9.82. The van der Waals surface area contributed by atoms with Crippen molar-refractivity contribution in [2.45, 2.75) is 24.5 Å². The molecule has 0 aliphatic carbocycles. The number of aryl methyl sites for hydroxylation is 1. The molecule has 3 N–H and O–H groups in total. The molecule has 196 valence electrons. The Kier molecular flexibility index (Phi) is 7.64. The number of nitrogens with two attached hydrogens (primary N) is 1. The highest BCUT2D eigenvalue weighted by Crippen LogP contribution is 2.51. The molecular formula is C27H26N4O6S. The highest BCUT2D eigenvalue weighted by Gasteiger charge is 2.49. The number of allylic oxidation sites excluding steroid dienone is 1. The highest BCUT2D eigenvalue weighted by atomic mass is 32.2. The first-order valence-electron chi connectivity index (χ1n) is 11.5. The number of carbonyl (C=O) groups excluding carboxylic acids is 3. The van der Waals surface area contributed by atoms with Gasteiger partial charge in [0.15, 0.2) is 0 Å². The van der Waals surface area contributed by atoms with Crippen molar-refractivity contribution in [1.82, 2.24) is 4.90 Å². The minimum Gasteiger partial charge on any atom is -0.497 e. The largest absolute Gasteiger partial charge is 0.497 e. The van der Waals surface area contributed by atoms with Crippen LogP contribution in [0.15, 0.2) is 64.5 Å². The summed E-state index contributed by atoms with van der Waals surface area (Å²) >= 11 is 1.04. The molecule has 10 nitrogen and oxygen atoms in total. The van der Waals surface area contributed by atoms with Crippen LogP contribution in [0.5, 0.6) is 11.5 Å². The molecule has 2 aromatic carbocycles. The van der Waals surface area contributed by atoms with Crippen LogP contribution in [0.25, 0.3) is 0 Å². The molecule has 0 saturated carbocycles. The van der Waals surface area contributed by atoms with Crippen molar-refractivity contribution < 1.29 is 28.6 Å².